The zero-order valence-corrected chi connectivity index (χ0v) is 16.9. The molecule has 2 rings (SSSR count). The van der Waals surface area contributed by atoms with Crippen LogP contribution in [0.3, 0.4) is 0 Å². The van der Waals surface area contributed by atoms with Crippen molar-refractivity contribution in [3.8, 4) is 0 Å². The summed E-state index contributed by atoms with van der Waals surface area (Å²) in [7, 11) is -5.85. The zero-order valence-electron chi connectivity index (χ0n) is 16.1. The van der Waals surface area contributed by atoms with Crippen LogP contribution in [0.15, 0.2) is 12.7 Å². The maximum atomic E-state index is 13.4. The number of rotatable bonds is 6. The highest BCUT2D eigenvalue weighted by Gasteiger charge is 2.76. The number of hydrogen-bond acceptors (Lipinski definition) is 6. The van der Waals surface area contributed by atoms with Gasteiger partial charge in [-0.3, -0.25) is 9.35 Å². The molecule has 178 valence electrons. The van der Waals surface area contributed by atoms with E-state index in [9.17, 15) is 44.3 Å². The quantitative estimate of drug-likeness (QED) is 0.268. The fraction of sp³-hybridized carbons (Fsp3) is 0.765. The summed E-state index contributed by atoms with van der Waals surface area (Å²) >= 11 is 0. The summed E-state index contributed by atoms with van der Waals surface area (Å²) in [5, 5.41) is 0. The molecule has 0 saturated heterocycles. The number of fused-ring (bicyclic) bond motifs is 2. The Morgan fingerprint density at radius 3 is 2.13 bits per heavy atom. The molecule has 0 aromatic carbocycles. The number of alkyl halides is 6. The van der Waals surface area contributed by atoms with Crippen molar-refractivity contribution in [2.75, 3.05) is 5.75 Å². The van der Waals surface area contributed by atoms with Crippen LogP contribution in [0.25, 0.3) is 0 Å². The van der Waals surface area contributed by atoms with E-state index in [0.717, 1.165) is 6.08 Å². The summed E-state index contributed by atoms with van der Waals surface area (Å²) in [4.78, 5) is 24.0. The van der Waals surface area contributed by atoms with Crippen LogP contribution in [0, 0.1) is 17.8 Å². The van der Waals surface area contributed by atoms with Gasteiger partial charge in [0, 0.05) is 6.08 Å². The summed E-state index contributed by atoms with van der Waals surface area (Å²) in [5.41, 5.74) is -6.53. The summed E-state index contributed by atoms with van der Waals surface area (Å²) < 4.78 is 120. The Labute approximate surface area is 173 Å². The van der Waals surface area contributed by atoms with E-state index in [1.165, 1.54) is 6.92 Å². The molecule has 1 N–H and O–H groups in total. The number of carbonyl (C=O) groups is 2. The molecule has 2 saturated carbocycles. The van der Waals surface area contributed by atoms with Gasteiger partial charge in [-0.05, 0) is 44.4 Å². The molecule has 4 atom stereocenters. The van der Waals surface area contributed by atoms with Crippen molar-refractivity contribution < 1.29 is 58.4 Å². The van der Waals surface area contributed by atoms with Gasteiger partial charge >= 0.3 is 29.9 Å². The lowest BCUT2D eigenvalue weighted by Crippen LogP contribution is -2.64. The maximum absolute atomic E-state index is 13.4. The monoisotopic (exact) mass is 482 g/mol. The molecule has 0 heterocycles. The number of halogens is 6. The van der Waals surface area contributed by atoms with E-state index in [-0.39, 0.29) is 31.6 Å². The fourth-order valence-corrected chi connectivity index (χ4v) is 5.41. The Balaban J connectivity index is 2.33. The third-order valence-corrected chi connectivity index (χ3v) is 6.37. The molecule has 14 heteroatoms. The summed E-state index contributed by atoms with van der Waals surface area (Å²) in [6.45, 7) is 4.76. The Kier molecular flexibility index (Phi) is 6.52. The van der Waals surface area contributed by atoms with Gasteiger partial charge < -0.3 is 9.47 Å². The van der Waals surface area contributed by atoms with Gasteiger partial charge in [-0.25, -0.2) is 4.79 Å². The molecule has 7 nitrogen and oxygen atoms in total. The highest BCUT2D eigenvalue weighted by Crippen LogP contribution is 2.53. The van der Waals surface area contributed by atoms with Crippen molar-refractivity contribution in [3.63, 3.8) is 0 Å². The van der Waals surface area contributed by atoms with Gasteiger partial charge in [-0.2, -0.15) is 34.8 Å². The first-order chi connectivity index (χ1) is 13.8. The van der Waals surface area contributed by atoms with Crippen molar-refractivity contribution in [1.29, 1.82) is 0 Å². The van der Waals surface area contributed by atoms with E-state index in [1.54, 1.807) is 0 Å². The average Bonchev–Trinajstić information content (AvgIpc) is 2.85. The molecule has 0 spiro atoms. The van der Waals surface area contributed by atoms with Gasteiger partial charge in [0.25, 0.3) is 10.1 Å². The molecule has 31 heavy (non-hydrogen) atoms. The number of hydrogen-bond donors (Lipinski definition) is 1. The highest BCUT2D eigenvalue weighted by molar-refractivity contribution is 7.85. The van der Waals surface area contributed by atoms with E-state index in [2.05, 4.69) is 11.3 Å². The van der Waals surface area contributed by atoms with Gasteiger partial charge in [-0.1, -0.05) is 6.58 Å². The summed E-state index contributed by atoms with van der Waals surface area (Å²) in [5.74, 6) is -8.08. The van der Waals surface area contributed by atoms with E-state index in [1.807, 2.05) is 0 Å². The second-order valence-corrected chi connectivity index (χ2v) is 9.61. The molecular formula is C17H20F6O7S. The molecule has 0 aromatic rings. The first-order valence-corrected chi connectivity index (χ1v) is 10.6. The van der Waals surface area contributed by atoms with E-state index < -0.39 is 63.2 Å². The summed E-state index contributed by atoms with van der Waals surface area (Å²) in [6.07, 6.45) is -11.5. The molecule has 2 fully saturated rings. The zero-order chi connectivity index (χ0) is 24.0. The average molecular weight is 482 g/mol. The van der Waals surface area contributed by atoms with Crippen LogP contribution in [0.2, 0.25) is 0 Å². The molecule has 4 unspecified atom stereocenters. The number of carbonyl (C=O) groups excluding carboxylic acids is 2. The Bertz CT molecular complexity index is 836. The minimum atomic E-state index is -6.38. The van der Waals surface area contributed by atoms with E-state index >= 15 is 0 Å². The number of esters is 2. The van der Waals surface area contributed by atoms with Crippen LogP contribution in [0.5, 0.6) is 0 Å². The lowest BCUT2D eigenvalue weighted by atomic mass is 9.77. The highest BCUT2D eigenvalue weighted by atomic mass is 32.2. The van der Waals surface area contributed by atoms with Crippen LogP contribution in [0.4, 0.5) is 26.3 Å². The predicted molar refractivity (Wildman–Crippen MR) is 91.0 cm³/mol. The molecular weight excluding hydrogens is 462 g/mol. The third kappa shape index (κ3) is 5.33. The van der Waals surface area contributed by atoms with E-state index in [4.69, 9.17) is 9.29 Å². The van der Waals surface area contributed by atoms with Gasteiger partial charge in [0.1, 0.15) is 11.4 Å². The smallest absolute Gasteiger partial charge is 0.438 e. The lowest BCUT2D eigenvalue weighted by Gasteiger charge is -2.38. The van der Waals surface area contributed by atoms with Gasteiger partial charge in [0.15, 0.2) is 0 Å². The van der Waals surface area contributed by atoms with Crippen molar-refractivity contribution in [1.82, 2.24) is 0 Å². The van der Waals surface area contributed by atoms with Crippen LogP contribution in [-0.2, 0) is 29.2 Å². The van der Waals surface area contributed by atoms with Crippen LogP contribution < -0.4 is 0 Å². The van der Waals surface area contributed by atoms with Crippen molar-refractivity contribution in [2.45, 2.75) is 56.2 Å². The number of ether oxygens (including phenoxy) is 2. The molecule has 2 bridgehead atoms. The van der Waals surface area contributed by atoms with Crippen LogP contribution in [-0.4, -0.2) is 54.2 Å². The minimum absolute atomic E-state index is 0.0216. The Hall–Kier alpha value is -1.83. The first kappa shape index (κ1) is 25.4. The second kappa shape index (κ2) is 7.94. The Morgan fingerprint density at radius 1 is 1.13 bits per heavy atom. The molecule has 2 aliphatic carbocycles. The SMILES string of the molecule is C=CC(=O)OC1(C)CC2CC(C1)C(C(=O)OC(CS(=O)(=O)O)(C(F)(F)F)C(F)(F)F)C2. The van der Waals surface area contributed by atoms with Gasteiger partial charge in [0.05, 0.1) is 5.92 Å². The molecule has 0 aromatic heterocycles. The fourth-order valence-electron chi connectivity index (χ4n) is 4.51. The third-order valence-electron chi connectivity index (χ3n) is 5.60. The van der Waals surface area contributed by atoms with Gasteiger partial charge in [-0.15, -0.1) is 0 Å². The Morgan fingerprint density at radius 2 is 1.68 bits per heavy atom. The molecule has 0 aliphatic heterocycles. The molecule has 0 amide bonds. The van der Waals surface area contributed by atoms with E-state index in [0.29, 0.717) is 0 Å². The van der Waals surface area contributed by atoms with Crippen molar-refractivity contribution in [3.05, 3.63) is 12.7 Å². The standard InChI is InChI=1S/C17H20F6O7S/c1-3-12(24)29-14(2)6-9-4-10(7-14)11(5-9)13(25)30-15(16(18,19)20,17(21,22)23)8-31(26,27)28/h3,9-11H,1,4-8H2,2H3,(H,26,27,28). The predicted octanol–water partition coefficient (Wildman–Crippen LogP) is 3.20. The van der Waals surface area contributed by atoms with Gasteiger partial charge in [0.2, 0.25) is 0 Å². The van der Waals surface area contributed by atoms with Crippen molar-refractivity contribution >= 4 is 22.1 Å². The normalized spacial score (nSPS) is 29.4. The van der Waals surface area contributed by atoms with Crippen molar-refractivity contribution in [2.24, 2.45) is 17.8 Å². The first-order valence-electron chi connectivity index (χ1n) is 8.99. The summed E-state index contributed by atoms with van der Waals surface area (Å²) in [6, 6.07) is 0. The lowest BCUT2D eigenvalue weighted by molar-refractivity contribution is -0.362. The topological polar surface area (TPSA) is 107 Å². The minimum Gasteiger partial charge on any atom is -0.456 e. The molecule has 0 radical (unpaired) electrons. The largest absolute Gasteiger partial charge is 0.456 e. The molecule has 2 aliphatic rings. The maximum Gasteiger partial charge on any atom is 0.438 e. The van der Waals surface area contributed by atoms with Crippen LogP contribution >= 0.6 is 0 Å². The second-order valence-electron chi connectivity index (χ2n) is 8.16. The van der Waals surface area contributed by atoms with Crippen LogP contribution in [0.1, 0.15) is 32.6 Å².